The maximum Gasteiger partial charge on any atom is 0.0456 e. The Morgan fingerprint density at radius 3 is 2.80 bits per heavy atom. The molecule has 0 radical (unpaired) electrons. The smallest absolute Gasteiger partial charge is 0.0456 e. The lowest BCUT2D eigenvalue weighted by molar-refractivity contribution is 0.523. The average Bonchev–Trinajstić information content (AvgIpc) is 2.95. The van der Waals surface area contributed by atoms with E-state index in [0.717, 1.165) is 13.0 Å². The lowest BCUT2D eigenvalue weighted by Crippen LogP contribution is -2.17. The van der Waals surface area contributed by atoms with Gasteiger partial charge in [-0.25, -0.2) is 0 Å². The molecule has 1 aliphatic carbocycles. The third-order valence-corrected chi connectivity index (χ3v) is 3.63. The first-order valence-corrected chi connectivity index (χ1v) is 5.58. The molecule has 2 nitrogen and oxygen atoms in total. The fraction of sp³-hybridized carbons (Fsp3) is 0.385. The van der Waals surface area contributed by atoms with E-state index in [-0.39, 0.29) is 0 Å². The molecule has 1 fully saturated rings. The van der Waals surface area contributed by atoms with Crippen LogP contribution in [0, 0.1) is 5.41 Å². The van der Waals surface area contributed by atoms with Crippen molar-refractivity contribution in [3.8, 4) is 0 Å². The average molecular weight is 200 g/mol. The van der Waals surface area contributed by atoms with E-state index in [1.54, 1.807) is 0 Å². The van der Waals surface area contributed by atoms with Gasteiger partial charge in [0, 0.05) is 17.1 Å². The van der Waals surface area contributed by atoms with Crippen LogP contribution in [-0.2, 0) is 6.42 Å². The van der Waals surface area contributed by atoms with Crippen LogP contribution in [0.15, 0.2) is 30.5 Å². The van der Waals surface area contributed by atoms with Gasteiger partial charge in [0.15, 0.2) is 0 Å². The van der Waals surface area contributed by atoms with Crippen molar-refractivity contribution in [1.29, 1.82) is 0 Å². The SMILES string of the molecule is NCC1(Cc2c[nH]c3ccccc23)CC1. The number of para-hydroxylation sites is 1. The van der Waals surface area contributed by atoms with Crippen molar-refractivity contribution in [3.05, 3.63) is 36.0 Å². The molecule has 0 aliphatic heterocycles. The van der Waals surface area contributed by atoms with Crippen LogP contribution < -0.4 is 5.73 Å². The molecule has 0 amide bonds. The molecule has 1 heterocycles. The third kappa shape index (κ3) is 1.45. The number of hydrogen-bond acceptors (Lipinski definition) is 1. The summed E-state index contributed by atoms with van der Waals surface area (Å²) in [6.45, 7) is 0.826. The Morgan fingerprint density at radius 2 is 2.07 bits per heavy atom. The Morgan fingerprint density at radius 1 is 1.27 bits per heavy atom. The Kier molecular flexibility index (Phi) is 1.86. The monoisotopic (exact) mass is 200 g/mol. The summed E-state index contributed by atoms with van der Waals surface area (Å²) in [5, 5.41) is 1.36. The van der Waals surface area contributed by atoms with Gasteiger partial charge in [0.25, 0.3) is 0 Å². The maximum atomic E-state index is 5.82. The molecule has 15 heavy (non-hydrogen) atoms. The van der Waals surface area contributed by atoms with Gasteiger partial charge in [-0.05, 0) is 42.9 Å². The van der Waals surface area contributed by atoms with Crippen LogP contribution >= 0.6 is 0 Å². The summed E-state index contributed by atoms with van der Waals surface area (Å²) in [7, 11) is 0. The van der Waals surface area contributed by atoms with Crippen LogP contribution in [0.4, 0.5) is 0 Å². The van der Waals surface area contributed by atoms with Gasteiger partial charge in [-0.3, -0.25) is 0 Å². The summed E-state index contributed by atoms with van der Waals surface area (Å²) in [6.07, 6.45) is 5.86. The lowest BCUT2D eigenvalue weighted by atomic mass is 9.96. The summed E-state index contributed by atoms with van der Waals surface area (Å²) in [5.74, 6) is 0. The van der Waals surface area contributed by atoms with Gasteiger partial charge in [0.2, 0.25) is 0 Å². The van der Waals surface area contributed by atoms with Gasteiger partial charge < -0.3 is 10.7 Å². The van der Waals surface area contributed by atoms with Crippen molar-refractivity contribution in [2.24, 2.45) is 11.1 Å². The van der Waals surface area contributed by atoms with Crippen molar-refractivity contribution in [2.75, 3.05) is 6.54 Å². The van der Waals surface area contributed by atoms with E-state index in [0.29, 0.717) is 5.41 Å². The zero-order valence-corrected chi connectivity index (χ0v) is 8.79. The molecule has 1 saturated carbocycles. The largest absolute Gasteiger partial charge is 0.361 e. The summed E-state index contributed by atoms with van der Waals surface area (Å²) in [6, 6.07) is 8.48. The lowest BCUT2D eigenvalue weighted by Gasteiger charge is -2.10. The molecule has 1 aromatic heterocycles. The van der Waals surface area contributed by atoms with Crippen molar-refractivity contribution >= 4 is 10.9 Å². The van der Waals surface area contributed by atoms with E-state index in [1.165, 1.54) is 29.3 Å². The molecular formula is C13H16N2. The molecule has 1 aliphatic rings. The van der Waals surface area contributed by atoms with Crippen LogP contribution in [0.25, 0.3) is 10.9 Å². The molecule has 3 rings (SSSR count). The second-order valence-corrected chi connectivity index (χ2v) is 4.74. The summed E-state index contributed by atoms with van der Waals surface area (Å²) in [5.41, 5.74) is 8.90. The Balaban J connectivity index is 1.98. The first-order chi connectivity index (χ1) is 7.33. The highest BCUT2D eigenvalue weighted by molar-refractivity contribution is 5.83. The number of fused-ring (bicyclic) bond motifs is 1. The van der Waals surface area contributed by atoms with Crippen LogP contribution in [0.2, 0.25) is 0 Å². The molecule has 2 heteroatoms. The fourth-order valence-corrected chi connectivity index (χ4v) is 2.31. The van der Waals surface area contributed by atoms with E-state index in [9.17, 15) is 0 Å². The maximum absolute atomic E-state index is 5.82. The minimum Gasteiger partial charge on any atom is -0.361 e. The van der Waals surface area contributed by atoms with Crippen molar-refractivity contribution in [2.45, 2.75) is 19.3 Å². The van der Waals surface area contributed by atoms with E-state index < -0.39 is 0 Å². The highest BCUT2D eigenvalue weighted by Gasteiger charge is 2.41. The van der Waals surface area contributed by atoms with Crippen LogP contribution in [0.5, 0.6) is 0 Å². The van der Waals surface area contributed by atoms with Crippen molar-refractivity contribution in [3.63, 3.8) is 0 Å². The van der Waals surface area contributed by atoms with Crippen LogP contribution in [0.1, 0.15) is 18.4 Å². The zero-order valence-electron chi connectivity index (χ0n) is 8.79. The van der Waals surface area contributed by atoms with Crippen molar-refractivity contribution in [1.82, 2.24) is 4.98 Å². The predicted molar refractivity (Wildman–Crippen MR) is 62.7 cm³/mol. The molecular weight excluding hydrogens is 184 g/mol. The van der Waals surface area contributed by atoms with Gasteiger partial charge >= 0.3 is 0 Å². The predicted octanol–water partition coefficient (Wildman–Crippen LogP) is 2.45. The van der Waals surface area contributed by atoms with Gasteiger partial charge in [0.05, 0.1) is 0 Å². The number of hydrogen-bond donors (Lipinski definition) is 2. The third-order valence-electron chi connectivity index (χ3n) is 3.63. The second kappa shape index (κ2) is 3.11. The minimum atomic E-state index is 0.422. The number of aromatic amines is 1. The van der Waals surface area contributed by atoms with Crippen LogP contribution in [-0.4, -0.2) is 11.5 Å². The van der Waals surface area contributed by atoms with E-state index >= 15 is 0 Å². The molecule has 78 valence electrons. The first kappa shape index (κ1) is 8.98. The number of benzene rings is 1. The molecule has 0 atom stereocenters. The highest BCUT2D eigenvalue weighted by atomic mass is 14.7. The fourth-order valence-electron chi connectivity index (χ4n) is 2.31. The first-order valence-electron chi connectivity index (χ1n) is 5.58. The number of rotatable bonds is 3. The Hall–Kier alpha value is -1.28. The van der Waals surface area contributed by atoms with E-state index in [4.69, 9.17) is 5.73 Å². The molecule has 1 aromatic carbocycles. The molecule has 0 saturated heterocycles. The molecule has 0 unspecified atom stereocenters. The normalized spacial score (nSPS) is 18.2. The Bertz CT molecular complexity index is 480. The second-order valence-electron chi connectivity index (χ2n) is 4.74. The van der Waals surface area contributed by atoms with Crippen LogP contribution in [0.3, 0.4) is 0 Å². The molecule has 2 aromatic rings. The van der Waals surface area contributed by atoms with Gasteiger partial charge in [-0.2, -0.15) is 0 Å². The minimum absolute atomic E-state index is 0.422. The summed E-state index contributed by atoms with van der Waals surface area (Å²) in [4.78, 5) is 3.32. The van der Waals surface area contributed by atoms with E-state index in [2.05, 4.69) is 35.4 Å². The number of aromatic nitrogens is 1. The molecule has 0 bridgehead atoms. The summed E-state index contributed by atoms with van der Waals surface area (Å²) < 4.78 is 0. The van der Waals surface area contributed by atoms with Gasteiger partial charge in [-0.1, -0.05) is 18.2 Å². The standard InChI is InChI=1S/C13H16N2/c14-9-13(5-6-13)7-10-8-15-12-4-2-1-3-11(10)12/h1-4,8,15H,5-7,9,14H2. The molecule has 0 spiro atoms. The van der Waals surface area contributed by atoms with E-state index in [1.807, 2.05) is 0 Å². The zero-order chi connectivity index (χ0) is 10.3. The highest BCUT2D eigenvalue weighted by Crippen LogP contribution is 2.48. The number of H-pyrrole nitrogens is 1. The van der Waals surface area contributed by atoms with Gasteiger partial charge in [-0.15, -0.1) is 0 Å². The number of nitrogens with one attached hydrogen (secondary N) is 1. The quantitative estimate of drug-likeness (QED) is 0.785. The molecule has 3 N–H and O–H groups in total. The Labute approximate surface area is 89.5 Å². The summed E-state index contributed by atoms with van der Waals surface area (Å²) >= 11 is 0. The van der Waals surface area contributed by atoms with Crippen molar-refractivity contribution < 1.29 is 0 Å². The topological polar surface area (TPSA) is 41.8 Å². The van der Waals surface area contributed by atoms with Gasteiger partial charge in [0.1, 0.15) is 0 Å². The number of nitrogens with two attached hydrogens (primary N) is 1.